The molecule has 0 radical (unpaired) electrons. The number of hydrogen-bond donors (Lipinski definition) is 1. The minimum absolute atomic E-state index is 0.257. The van der Waals surface area contributed by atoms with E-state index >= 15 is 0 Å². The van der Waals surface area contributed by atoms with Gasteiger partial charge in [-0.15, -0.1) is 0 Å². The van der Waals surface area contributed by atoms with Crippen LogP contribution in [0.3, 0.4) is 0 Å². The van der Waals surface area contributed by atoms with Gasteiger partial charge in [-0.1, -0.05) is 36.4 Å². The van der Waals surface area contributed by atoms with E-state index in [0.29, 0.717) is 11.3 Å². The number of anilines is 1. The number of nitro groups is 1. The number of carbonyl (C=O) groups excluding carboxylic acids is 1. The molecule has 0 fully saturated rings. The molecule has 0 spiro atoms. The number of benzene rings is 1. The molecule has 6 heteroatoms. The second kappa shape index (κ2) is 5.24. The molecular weight excluding hydrogens is 272 g/mol. The van der Waals surface area contributed by atoms with Crippen LogP contribution in [0.5, 0.6) is 0 Å². The molecule has 6 nitrogen and oxygen atoms in total. The Morgan fingerprint density at radius 1 is 1.19 bits per heavy atom. The van der Waals surface area contributed by atoms with Crippen LogP contribution in [0, 0.1) is 10.1 Å². The number of ether oxygens (including phenoxy) is 1. The Hall–Kier alpha value is -2.89. The number of hydrogen-bond acceptors (Lipinski definition) is 5. The highest BCUT2D eigenvalue weighted by Gasteiger charge is 2.44. The van der Waals surface area contributed by atoms with Crippen molar-refractivity contribution < 1.29 is 14.5 Å². The predicted molar refractivity (Wildman–Crippen MR) is 76.0 cm³/mol. The molecule has 2 aliphatic rings. The third-order valence-corrected chi connectivity index (χ3v) is 3.29. The van der Waals surface area contributed by atoms with Crippen molar-refractivity contribution in [1.29, 1.82) is 0 Å². The molecule has 0 unspecified atom stereocenters. The highest BCUT2D eigenvalue weighted by molar-refractivity contribution is 5.83. The Morgan fingerprint density at radius 3 is 2.67 bits per heavy atom. The van der Waals surface area contributed by atoms with Crippen molar-refractivity contribution in [2.75, 3.05) is 5.32 Å². The van der Waals surface area contributed by atoms with Crippen LogP contribution < -0.4 is 5.32 Å². The van der Waals surface area contributed by atoms with Crippen LogP contribution in [0.4, 0.5) is 5.69 Å². The van der Waals surface area contributed by atoms with Crippen molar-refractivity contribution in [2.45, 2.75) is 12.1 Å². The molecule has 1 aliphatic heterocycles. The largest absolute Gasteiger partial charge is 0.448 e. The van der Waals surface area contributed by atoms with Crippen molar-refractivity contribution in [3.8, 4) is 0 Å². The van der Waals surface area contributed by atoms with Crippen molar-refractivity contribution in [1.82, 2.24) is 0 Å². The first-order valence-electron chi connectivity index (χ1n) is 6.42. The lowest BCUT2D eigenvalue weighted by molar-refractivity contribution is -0.501. The van der Waals surface area contributed by atoms with Gasteiger partial charge in [0.2, 0.25) is 0 Å². The predicted octanol–water partition coefficient (Wildman–Crippen LogP) is 2.05. The number of esters is 1. The molecule has 1 N–H and O–H groups in total. The van der Waals surface area contributed by atoms with Gasteiger partial charge in [-0.2, -0.15) is 0 Å². The number of fused-ring (bicyclic) bond motifs is 1. The zero-order chi connectivity index (χ0) is 14.8. The lowest BCUT2D eigenvalue weighted by atomic mass is 9.95. The fraction of sp³-hybridized carbons (Fsp3) is 0.133. The van der Waals surface area contributed by atoms with Gasteiger partial charge in [0.1, 0.15) is 11.8 Å². The van der Waals surface area contributed by atoms with E-state index in [0.717, 1.165) is 0 Å². The van der Waals surface area contributed by atoms with Crippen LogP contribution in [0.1, 0.15) is 0 Å². The van der Waals surface area contributed by atoms with E-state index in [4.69, 9.17) is 4.74 Å². The molecule has 1 aliphatic carbocycles. The summed E-state index contributed by atoms with van der Waals surface area (Å²) in [6.45, 7) is 0. The van der Waals surface area contributed by atoms with Gasteiger partial charge in [0.15, 0.2) is 0 Å². The van der Waals surface area contributed by atoms with Crippen molar-refractivity contribution >= 4 is 11.7 Å². The van der Waals surface area contributed by atoms with Crippen LogP contribution in [0.2, 0.25) is 0 Å². The molecule has 0 aromatic heterocycles. The van der Waals surface area contributed by atoms with Crippen LogP contribution in [0.15, 0.2) is 65.9 Å². The van der Waals surface area contributed by atoms with E-state index in [-0.39, 0.29) is 5.70 Å². The average Bonchev–Trinajstić information content (AvgIpc) is 2.47. The van der Waals surface area contributed by atoms with Crippen LogP contribution in [0.25, 0.3) is 0 Å². The third-order valence-electron chi connectivity index (χ3n) is 3.29. The molecule has 2 atom stereocenters. The normalized spacial score (nSPS) is 23.5. The van der Waals surface area contributed by atoms with Crippen molar-refractivity contribution in [3.05, 3.63) is 76.0 Å². The molecule has 21 heavy (non-hydrogen) atoms. The molecule has 0 saturated heterocycles. The second-order valence-corrected chi connectivity index (χ2v) is 4.65. The Bertz CT molecular complexity index is 676. The molecular formula is C15H12N2O4. The molecule has 1 aromatic carbocycles. The van der Waals surface area contributed by atoms with Gasteiger partial charge in [0, 0.05) is 16.2 Å². The zero-order valence-electron chi connectivity index (χ0n) is 10.9. The topological polar surface area (TPSA) is 81.5 Å². The first-order chi connectivity index (χ1) is 10.2. The van der Waals surface area contributed by atoms with E-state index in [1.807, 2.05) is 18.2 Å². The summed E-state index contributed by atoms with van der Waals surface area (Å²) in [7, 11) is 0. The number of nitrogens with one attached hydrogen (secondary N) is 1. The van der Waals surface area contributed by atoms with Crippen LogP contribution >= 0.6 is 0 Å². The SMILES string of the molecule is O=C1O[C@H]2C=CC=CC2=C(Nc2ccccc2)[C@@H]1[N+](=O)[O-]. The maximum Gasteiger partial charge on any atom is 0.389 e. The van der Waals surface area contributed by atoms with Gasteiger partial charge in [0.05, 0.1) is 0 Å². The van der Waals surface area contributed by atoms with E-state index in [9.17, 15) is 14.9 Å². The second-order valence-electron chi connectivity index (χ2n) is 4.65. The molecule has 1 heterocycles. The Morgan fingerprint density at radius 2 is 1.95 bits per heavy atom. The highest BCUT2D eigenvalue weighted by atomic mass is 16.6. The fourth-order valence-electron chi connectivity index (χ4n) is 2.34. The number of para-hydroxylation sites is 1. The lowest BCUT2D eigenvalue weighted by Crippen LogP contribution is -2.44. The van der Waals surface area contributed by atoms with Gasteiger partial charge in [-0.05, 0) is 18.2 Å². The summed E-state index contributed by atoms with van der Waals surface area (Å²) >= 11 is 0. The van der Waals surface area contributed by atoms with Crippen molar-refractivity contribution in [2.24, 2.45) is 0 Å². The summed E-state index contributed by atoms with van der Waals surface area (Å²) < 4.78 is 5.12. The van der Waals surface area contributed by atoms with Gasteiger partial charge >= 0.3 is 12.0 Å². The molecule has 3 rings (SSSR count). The lowest BCUT2D eigenvalue weighted by Gasteiger charge is -2.28. The molecule has 0 bridgehead atoms. The summed E-state index contributed by atoms with van der Waals surface area (Å²) in [6.07, 6.45) is 6.34. The quantitative estimate of drug-likeness (QED) is 0.522. The summed E-state index contributed by atoms with van der Waals surface area (Å²) in [6, 6.07) is 7.49. The minimum atomic E-state index is -1.53. The maximum atomic E-state index is 11.9. The summed E-state index contributed by atoms with van der Waals surface area (Å²) in [4.78, 5) is 22.5. The molecule has 106 valence electrons. The Balaban J connectivity index is 2.06. The number of allylic oxidation sites excluding steroid dienone is 2. The van der Waals surface area contributed by atoms with Crippen molar-refractivity contribution in [3.63, 3.8) is 0 Å². The molecule has 0 saturated carbocycles. The number of nitrogens with zero attached hydrogens (tertiary/aromatic N) is 1. The number of rotatable bonds is 3. The van der Waals surface area contributed by atoms with Gasteiger partial charge in [-0.25, -0.2) is 4.79 Å². The van der Waals surface area contributed by atoms with E-state index < -0.39 is 23.0 Å². The van der Waals surface area contributed by atoms with Gasteiger partial charge < -0.3 is 10.1 Å². The third kappa shape index (κ3) is 2.43. The monoisotopic (exact) mass is 284 g/mol. The average molecular weight is 284 g/mol. The van der Waals surface area contributed by atoms with Crippen LogP contribution in [-0.2, 0) is 9.53 Å². The van der Waals surface area contributed by atoms with Gasteiger partial charge in [-0.3, -0.25) is 10.1 Å². The first-order valence-corrected chi connectivity index (χ1v) is 6.42. The molecule has 0 amide bonds. The standard InChI is InChI=1S/C15H12N2O4/c18-15-14(17(19)20)13(16-10-6-2-1-3-7-10)11-8-4-5-9-12(11)21-15/h1-9,12,14,16H/t12-,14-/m0/s1. The van der Waals surface area contributed by atoms with E-state index in [1.165, 1.54) is 0 Å². The molecule has 1 aromatic rings. The first kappa shape index (κ1) is 13.1. The summed E-state index contributed by atoms with van der Waals surface area (Å²) in [5, 5.41) is 14.2. The Labute approximate surface area is 120 Å². The van der Waals surface area contributed by atoms with Gasteiger partial charge in [0.25, 0.3) is 0 Å². The summed E-state index contributed by atoms with van der Waals surface area (Å²) in [5.41, 5.74) is 1.54. The maximum absolute atomic E-state index is 11.9. The Kier molecular flexibility index (Phi) is 3.27. The highest BCUT2D eigenvalue weighted by Crippen LogP contribution is 2.29. The van der Waals surface area contributed by atoms with E-state index in [1.54, 1.807) is 36.4 Å². The van der Waals surface area contributed by atoms with Crippen LogP contribution in [-0.4, -0.2) is 23.0 Å². The van der Waals surface area contributed by atoms with E-state index in [2.05, 4.69) is 5.32 Å². The number of carbonyl (C=O) groups is 1. The summed E-state index contributed by atoms with van der Waals surface area (Å²) in [5.74, 6) is -0.855. The minimum Gasteiger partial charge on any atom is -0.448 e. The fourth-order valence-corrected chi connectivity index (χ4v) is 2.34. The zero-order valence-corrected chi connectivity index (χ0v) is 10.9. The smallest absolute Gasteiger partial charge is 0.389 e.